The molecule has 0 saturated heterocycles. The summed E-state index contributed by atoms with van der Waals surface area (Å²) in [5.41, 5.74) is 1.87. The number of hydrogen-bond donors (Lipinski definition) is 1. The highest BCUT2D eigenvalue weighted by atomic mass is 79.9. The molecule has 0 aromatic heterocycles. The largest absolute Gasteiger partial charge is 0.351 e. The van der Waals surface area contributed by atoms with Gasteiger partial charge in [0.05, 0.1) is 0 Å². The van der Waals surface area contributed by atoms with E-state index in [1.54, 1.807) is 0 Å². The van der Waals surface area contributed by atoms with Crippen LogP contribution in [0.4, 0.5) is 0 Å². The first-order chi connectivity index (χ1) is 9.06. The maximum atomic E-state index is 12.2. The molecule has 0 radical (unpaired) electrons. The van der Waals surface area contributed by atoms with Crippen molar-refractivity contribution in [3.05, 3.63) is 33.8 Å². The lowest BCUT2D eigenvalue weighted by Crippen LogP contribution is -2.38. The lowest BCUT2D eigenvalue weighted by atomic mass is 10.1. The molecule has 1 N–H and O–H groups in total. The predicted molar refractivity (Wildman–Crippen MR) is 85.9 cm³/mol. The van der Waals surface area contributed by atoms with Crippen molar-refractivity contribution in [3.63, 3.8) is 0 Å². The SMILES string of the molecule is CSC1(CNC(=O)c2ccc(C)c(Br)c2)CCCC1. The summed E-state index contributed by atoms with van der Waals surface area (Å²) in [6.45, 7) is 2.80. The van der Waals surface area contributed by atoms with Gasteiger partial charge in [0.1, 0.15) is 0 Å². The van der Waals surface area contributed by atoms with Crippen LogP contribution in [0.3, 0.4) is 0 Å². The molecule has 1 amide bonds. The van der Waals surface area contributed by atoms with Gasteiger partial charge < -0.3 is 5.32 Å². The molecule has 1 fully saturated rings. The Hall–Kier alpha value is -0.480. The summed E-state index contributed by atoms with van der Waals surface area (Å²) >= 11 is 5.37. The molecule has 104 valence electrons. The Bertz CT molecular complexity index is 469. The van der Waals surface area contributed by atoms with Gasteiger partial charge in [0, 0.05) is 21.3 Å². The Kier molecular flexibility index (Phi) is 4.96. The Morgan fingerprint density at radius 2 is 2.11 bits per heavy atom. The number of benzene rings is 1. The maximum Gasteiger partial charge on any atom is 0.251 e. The van der Waals surface area contributed by atoms with Crippen molar-refractivity contribution in [2.45, 2.75) is 37.4 Å². The van der Waals surface area contributed by atoms with E-state index in [1.807, 2.05) is 36.9 Å². The molecule has 1 saturated carbocycles. The minimum atomic E-state index is 0.0287. The average Bonchev–Trinajstić information content (AvgIpc) is 2.89. The van der Waals surface area contributed by atoms with Crippen LogP contribution in [0.15, 0.2) is 22.7 Å². The Labute approximate surface area is 127 Å². The molecule has 2 nitrogen and oxygen atoms in total. The van der Waals surface area contributed by atoms with Gasteiger partial charge in [-0.3, -0.25) is 4.79 Å². The summed E-state index contributed by atoms with van der Waals surface area (Å²) in [4.78, 5) is 12.2. The van der Waals surface area contributed by atoms with Crippen LogP contribution < -0.4 is 5.32 Å². The van der Waals surface area contributed by atoms with E-state index in [0.29, 0.717) is 0 Å². The third kappa shape index (κ3) is 3.54. The van der Waals surface area contributed by atoms with Crippen molar-refractivity contribution in [3.8, 4) is 0 Å². The van der Waals surface area contributed by atoms with E-state index in [1.165, 1.54) is 25.7 Å². The number of aryl methyl sites for hydroxylation is 1. The summed E-state index contributed by atoms with van der Waals surface area (Å²) in [5, 5.41) is 3.10. The molecule has 0 heterocycles. The Morgan fingerprint density at radius 1 is 1.42 bits per heavy atom. The number of thioether (sulfide) groups is 1. The van der Waals surface area contributed by atoms with Crippen LogP contribution in [0, 0.1) is 6.92 Å². The predicted octanol–water partition coefficient (Wildman–Crippen LogP) is 4.16. The van der Waals surface area contributed by atoms with Crippen LogP contribution in [0.5, 0.6) is 0 Å². The van der Waals surface area contributed by atoms with E-state index < -0.39 is 0 Å². The molecule has 0 aliphatic heterocycles. The zero-order valence-electron chi connectivity index (χ0n) is 11.5. The van der Waals surface area contributed by atoms with Gasteiger partial charge in [-0.1, -0.05) is 34.8 Å². The third-order valence-corrected chi connectivity index (χ3v) is 6.23. The lowest BCUT2D eigenvalue weighted by molar-refractivity contribution is 0.0949. The lowest BCUT2D eigenvalue weighted by Gasteiger charge is -2.26. The number of carbonyl (C=O) groups is 1. The fraction of sp³-hybridized carbons (Fsp3) is 0.533. The minimum Gasteiger partial charge on any atom is -0.351 e. The molecule has 1 aliphatic carbocycles. The van der Waals surface area contributed by atoms with Crippen molar-refractivity contribution in [1.29, 1.82) is 0 Å². The number of rotatable bonds is 4. The zero-order valence-corrected chi connectivity index (χ0v) is 13.9. The molecular formula is C15H20BrNOS. The molecule has 0 unspecified atom stereocenters. The van der Waals surface area contributed by atoms with Crippen LogP contribution in [0.1, 0.15) is 41.6 Å². The van der Waals surface area contributed by atoms with Crippen molar-refractivity contribution in [2.75, 3.05) is 12.8 Å². The molecule has 0 atom stereocenters. The number of halogens is 1. The van der Waals surface area contributed by atoms with Crippen LogP contribution in [-0.4, -0.2) is 23.5 Å². The molecule has 1 aliphatic rings. The number of carbonyl (C=O) groups excluding carboxylic acids is 1. The maximum absolute atomic E-state index is 12.2. The number of hydrogen-bond acceptors (Lipinski definition) is 2. The van der Waals surface area contributed by atoms with E-state index >= 15 is 0 Å². The van der Waals surface area contributed by atoms with E-state index in [2.05, 4.69) is 27.5 Å². The monoisotopic (exact) mass is 341 g/mol. The molecular weight excluding hydrogens is 322 g/mol. The van der Waals surface area contributed by atoms with Crippen molar-refractivity contribution >= 4 is 33.6 Å². The highest BCUT2D eigenvalue weighted by Gasteiger charge is 2.33. The average molecular weight is 342 g/mol. The van der Waals surface area contributed by atoms with Crippen molar-refractivity contribution in [2.24, 2.45) is 0 Å². The third-order valence-electron chi connectivity index (χ3n) is 3.95. The molecule has 1 aromatic carbocycles. The number of nitrogens with one attached hydrogen (secondary N) is 1. The normalized spacial score (nSPS) is 17.4. The summed E-state index contributed by atoms with van der Waals surface area (Å²) in [5.74, 6) is 0.0287. The standard InChI is InChI=1S/C15H20BrNOS/c1-11-5-6-12(9-13(11)16)14(18)17-10-15(19-2)7-3-4-8-15/h5-6,9H,3-4,7-8,10H2,1-2H3,(H,17,18). The summed E-state index contributed by atoms with van der Waals surface area (Å²) in [7, 11) is 0. The Balaban J connectivity index is 1.99. The Morgan fingerprint density at radius 3 is 2.68 bits per heavy atom. The van der Waals surface area contributed by atoms with Gasteiger partial charge in [-0.2, -0.15) is 11.8 Å². The number of amides is 1. The second-order valence-corrected chi connectivity index (χ2v) is 7.37. The van der Waals surface area contributed by atoms with Gasteiger partial charge in [-0.15, -0.1) is 0 Å². The van der Waals surface area contributed by atoms with Crippen molar-refractivity contribution < 1.29 is 4.79 Å². The van der Waals surface area contributed by atoms with Crippen LogP contribution in [0.2, 0.25) is 0 Å². The van der Waals surface area contributed by atoms with Crippen LogP contribution >= 0.6 is 27.7 Å². The molecule has 1 aromatic rings. The van der Waals surface area contributed by atoms with Crippen LogP contribution in [0.25, 0.3) is 0 Å². The fourth-order valence-corrected chi connectivity index (χ4v) is 3.84. The fourth-order valence-electron chi connectivity index (χ4n) is 2.55. The molecule has 0 spiro atoms. The van der Waals surface area contributed by atoms with Gasteiger partial charge in [0.15, 0.2) is 0 Å². The minimum absolute atomic E-state index is 0.0287. The van der Waals surface area contributed by atoms with Crippen molar-refractivity contribution in [1.82, 2.24) is 5.32 Å². The molecule has 2 rings (SSSR count). The first kappa shape index (κ1) is 14.9. The zero-order chi connectivity index (χ0) is 13.9. The summed E-state index contributed by atoms with van der Waals surface area (Å²) in [6, 6.07) is 5.75. The molecule has 4 heteroatoms. The quantitative estimate of drug-likeness (QED) is 0.890. The van der Waals surface area contributed by atoms with Gasteiger partial charge in [-0.25, -0.2) is 0 Å². The first-order valence-electron chi connectivity index (χ1n) is 6.66. The van der Waals surface area contributed by atoms with E-state index in [0.717, 1.165) is 22.1 Å². The van der Waals surface area contributed by atoms with Crippen LogP contribution in [-0.2, 0) is 0 Å². The van der Waals surface area contributed by atoms with E-state index in [9.17, 15) is 4.79 Å². The summed E-state index contributed by atoms with van der Waals surface area (Å²) in [6.07, 6.45) is 7.15. The second kappa shape index (κ2) is 6.31. The van der Waals surface area contributed by atoms with Gasteiger partial charge in [0.25, 0.3) is 5.91 Å². The van der Waals surface area contributed by atoms with E-state index in [4.69, 9.17) is 0 Å². The highest BCUT2D eigenvalue weighted by molar-refractivity contribution is 9.10. The van der Waals surface area contributed by atoms with Gasteiger partial charge in [0.2, 0.25) is 0 Å². The van der Waals surface area contributed by atoms with Gasteiger partial charge >= 0.3 is 0 Å². The second-order valence-electron chi connectivity index (χ2n) is 5.24. The molecule has 19 heavy (non-hydrogen) atoms. The molecule has 0 bridgehead atoms. The van der Waals surface area contributed by atoms with E-state index in [-0.39, 0.29) is 10.7 Å². The summed E-state index contributed by atoms with van der Waals surface area (Å²) < 4.78 is 1.25. The van der Waals surface area contributed by atoms with Gasteiger partial charge in [-0.05, 0) is 43.7 Å². The smallest absolute Gasteiger partial charge is 0.251 e. The topological polar surface area (TPSA) is 29.1 Å². The first-order valence-corrected chi connectivity index (χ1v) is 8.68. The highest BCUT2D eigenvalue weighted by Crippen LogP contribution is 2.39.